The number of para-hydroxylation sites is 1. The number of nitrogens with zero attached hydrogens (tertiary/aromatic N) is 3. The van der Waals surface area contributed by atoms with E-state index in [1.807, 2.05) is 0 Å². The van der Waals surface area contributed by atoms with Crippen LogP contribution in [0.3, 0.4) is 0 Å². The van der Waals surface area contributed by atoms with Crippen LogP contribution in [-0.4, -0.2) is 40.7 Å². The number of hydrogen-bond donors (Lipinski definition) is 2. The average molecular weight is 427 g/mol. The molecule has 0 aliphatic carbocycles. The largest absolute Gasteiger partial charge is 0.345 e. The Labute approximate surface area is 182 Å². The molecule has 3 heterocycles. The zero-order valence-electron chi connectivity index (χ0n) is 17.0. The summed E-state index contributed by atoms with van der Waals surface area (Å²) < 4.78 is 14.7. The van der Waals surface area contributed by atoms with Crippen LogP contribution in [0.2, 0.25) is 0 Å². The first-order valence-corrected chi connectivity index (χ1v) is 9.97. The van der Waals surface area contributed by atoms with Gasteiger partial charge in [0, 0.05) is 36.0 Å². The van der Waals surface area contributed by atoms with Crippen molar-refractivity contribution in [3.63, 3.8) is 0 Å². The normalized spacial score (nSPS) is 15.8. The van der Waals surface area contributed by atoms with Gasteiger partial charge in [0.05, 0.1) is 17.0 Å². The minimum absolute atomic E-state index is 0.249. The van der Waals surface area contributed by atoms with Crippen LogP contribution in [0.25, 0.3) is 11.0 Å². The number of nitrogens with one attached hydrogen (secondary N) is 2. The van der Waals surface area contributed by atoms with Crippen LogP contribution in [0.5, 0.6) is 0 Å². The van der Waals surface area contributed by atoms with Gasteiger partial charge in [0.15, 0.2) is 0 Å². The molecule has 2 N–H and O–H groups in total. The molecule has 5 rings (SSSR count). The Bertz CT molecular complexity index is 1390. The van der Waals surface area contributed by atoms with Gasteiger partial charge in [-0.2, -0.15) is 0 Å². The molecule has 7 nitrogen and oxygen atoms in total. The van der Waals surface area contributed by atoms with Crippen molar-refractivity contribution in [3.8, 4) is 0 Å². The van der Waals surface area contributed by atoms with Crippen molar-refractivity contribution in [2.75, 3.05) is 11.9 Å². The predicted molar refractivity (Wildman–Crippen MR) is 119 cm³/mol. The maximum absolute atomic E-state index is 14.7. The summed E-state index contributed by atoms with van der Waals surface area (Å²) in [5.74, 6) is -1.39. The summed E-state index contributed by atoms with van der Waals surface area (Å²) >= 11 is 0. The second-order valence-corrected chi connectivity index (χ2v) is 7.35. The lowest BCUT2D eigenvalue weighted by Crippen LogP contribution is -2.46. The number of hydrogen-bond acceptors (Lipinski definition) is 4. The van der Waals surface area contributed by atoms with E-state index in [0.29, 0.717) is 33.6 Å². The molecule has 0 radical (unpaired) electrons. The second kappa shape index (κ2) is 7.73. The van der Waals surface area contributed by atoms with Gasteiger partial charge in [0.1, 0.15) is 11.5 Å². The van der Waals surface area contributed by atoms with Gasteiger partial charge >= 0.3 is 0 Å². The first-order chi connectivity index (χ1) is 15.5. The van der Waals surface area contributed by atoms with Crippen molar-refractivity contribution in [3.05, 3.63) is 95.6 Å². The van der Waals surface area contributed by atoms with Gasteiger partial charge in [-0.05, 0) is 30.3 Å². The summed E-state index contributed by atoms with van der Waals surface area (Å²) in [6, 6.07) is 16.8. The van der Waals surface area contributed by atoms with Crippen molar-refractivity contribution in [1.29, 1.82) is 0 Å². The topological polar surface area (TPSA) is 90.5 Å². The van der Waals surface area contributed by atoms with Gasteiger partial charge < -0.3 is 15.2 Å². The van der Waals surface area contributed by atoms with Crippen molar-refractivity contribution >= 4 is 34.2 Å². The molecule has 32 heavy (non-hydrogen) atoms. The maximum atomic E-state index is 14.7. The Morgan fingerprint density at radius 2 is 1.81 bits per heavy atom. The minimum atomic E-state index is -1.24. The van der Waals surface area contributed by atoms with Crippen LogP contribution in [-0.2, 0) is 4.79 Å². The molecule has 1 atom stereocenters. The number of carbonyl (C=O) groups excluding carboxylic acids is 2. The number of halogens is 1. The van der Waals surface area contributed by atoms with Crippen molar-refractivity contribution in [1.82, 2.24) is 15.3 Å². The van der Waals surface area contributed by atoms with Crippen LogP contribution >= 0.6 is 0 Å². The molecule has 0 saturated heterocycles. The van der Waals surface area contributed by atoms with E-state index in [4.69, 9.17) is 0 Å². The number of anilines is 1. The molecule has 2 aromatic carbocycles. The first kappa shape index (κ1) is 19.6. The van der Waals surface area contributed by atoms with E-state index in [1.54, 1.807) is 67.8 Å². The summed E-state index contributed by atoms with van der Waals surface area (Å²) in [4.78, 5) is 39.4. The summed E-state index contributed by atoms with van der Waals surface area (Å²) in [7, 11) is 1.61. The molecule has 1 aliphatic heterocycles. The first-order valence-electron chi connectivity index (χ1n) is 9.97. The molecular formula is C24H18FN5O2. The Kier molecular flexibility index (Phi) is 4.74. The molecule has 2 aromatic heterocycles. The SMILES string of the molecule is CN1C(=O)C(NC(=O)c2c[nH]c3ncccc23)N=C(c2ccccc2F)c2ccccc21. The zero-order chi connectivity index (χ0) is 22.2. The fraction of sp³-hybridized carbons (Fsp3) is 0.0833. The fourth-order valence-electron chi connectivity index (χ4n) is 3.83. The number of H-pyrrole nitrogens is 1. The van der Waals surface area contributed by atoms with E-state index in [0.717, 1.165) is 0 Å². The lowest BCUT2D eigenvalue weighted by atomic mass is 10.00. The third-order valence-corrected chi connectivity index (χ3v) is 5.44. The Morgan fingerprint density at radius 3 is 2.62 bits per heavy atom. The number of amides is 2. The summed E-state index contributed by atoms with van der Waals surface area (Å²) in [6.45, 7) is 0. The van der Waals surface area contributed by atoms with Crippen LogP contribution in [0.1, 0.15) is 21.5 Å². The lowest BCUT2D eigenvalue weighted by molar-refractivity contribution is -0.119. The molecule has 4 aromatic rings. The Hall–Kier alpha value is -4.33. The van der Waals surface area contributed by atoms with E-state index in [9.17, 15) is 14.0 Å². The highest BCUT2D eigenvalue weighted by Gasteiger charge is 2.32. The number of likely N-dealkylation sites (N-methyl/N-ethyl adjacent to an activating group) is 1. The Morgan fingerprint density at radius 1 is 1.06 bits per heavy atom. The number of pyridine rings is 1. The van der Waals surface area contributed by atoms with Gasteiger partial charge in [-0.1, -0.05) is 30.3 Å². The molecule has 1 aliphatic rings. The van der Waals surface area contributed by atoms with Crippen LogP contribution in [0.15, 0.2) is 78.0 Å². The maximum Gasteiger partial charge on any atom is 0.272 e. The number of aromatic amines is 1. The number of benzodiazepines with no additional fused rings is 1. The smallest absolute Gasteiger partial charge is 0.272 e. The molecule has 0 bridgehead atoms. The van der Waals surface area contributed by atoms with Crippen molar-refractivity contribution < 1.29 is 14.0 Å². The van der Waals surface area contributed by atoms with Gasteiger partial charge in [-0.3, -0.25) is 9.59 Å². The van der Waals surface area contributed by atoms with E-state index in [1.165, 1.54) is 17.2 Å². The van der Waals surface area contributed by atoms with Gasteiger partial charge in [-0.15, -0.1) is 0 Å². The van der Waals surface area contributed by atoms with Gasteiger partial charge in [0.25, 0.3) is 11.8 Å². The number of benzene rings is 2. The zero-order valence-corrected chi connectivity index (χ0v) is 17.0. The number of aromatic nitrogens is 2. The number of carbonyl (C=O) groups is 2. The quantitative estimate of drug-likeness (QED) is 0.526. The molecule has 2 amide bonds. The summed E-state index contributed by atoms with van der Waals surface area (Å²) in [5, 5.41) is 3.33. The number of rotatable bonds is 3. The summed E-state index contributed by atoms with van der Waals surface area (Å²) in [5.41, 5.74) is 2.62. The predicted octanol–water partition coefficient (Wildman–Crippen LogP) is 3.27. The fourth-order valence-corrected chi connectivity index (χ4v) is 3.83. The average Bonchev–Trinajstić information content (AvgIpc) is 3.22. The molecule has 0 fully saturated rings. The molecule has 0 saturated carbocycles. The highest BCUT2D eigenvalue weighted by molar-refractivity contribution is 6.20. The molecule has 158 valence electrons. The third kappa shape index (κ3) is 3.22. The van der Waals surface area contributed by atoms with Gasteiger partial charge in [-0.25, -0.2) is 14.4 Å². The molecular weight excluding hydrogens is 409 g/mol. The lowest BCUT2D eigenvalue weighted by Gasteiger charge is -2.20. The van der Waals surface area contributed by atoms with Gasteiger partial charge in [0.2, 0.25) is 6.17 Å². The molecule has 8 heteroatoms. The Balaban J connectivity index is 1.60. The number of fused-ring (bicyclic) bond motifs is 2. The third-order valence-electron chi connectivity index (χ3n) is 5.44. The minimum Gasteiger partial charge on any atom is -0.345 e. The van der Waals surface area contributed by atoms with E-state index < -0.39 is 23.8 Å². The number of aliphatic imine (C=N–C) groups is 1. The molecule has 1 unspecified atom stereocenters. The van der Waals surface area contributed by atoms with E-state index in [-0.39, 0.29) is 5.56 Å². The van der Waals surface area contributed by atoms with Crippen molar-refractivity contribution in [2.45, 2.75) is 6.17 Å². The standard InChI is InChI=1S/C24H18FN5O2/c1-30-19-11-5-3-8-16(19)20(15-7-2-4-10-18(15)25)28-22(24(30)32)29-23(31)17-13-27-21-14(17)9-6-12-26-21/h2-13,22H,1H3,(H,26,27)(H,29,31). The summed E-state index contributed by atoms with van der Waals surface area (Å²) in [6.07, 6.45) is 1.91. The van der Waals surface area contributed by atoms with Crippen LogP contribution < -0.4 is 10.2 Å². The monoisotopic (exact) mass is 427 g/mol. The van der Waals surface area contributed by atoms with Crippen LogP contribution in [0, 0.1) is 5.82 Å². The molecule has 0 spiro atoms. The van der Waals surface area contributed by atoms with Crippen molar-refractivity contribution in [2.24, 2.45) is 4.99 Å². The van der Waals surface area contributed by atoms with Crippen LogP contribution in [0.4, 0.5) is 10.1 Å². The highest BCUT2D eigenvalue weighted by Crippen LogP contribution is 2.28. The van der Waals surface area contributed by atoms with E-state index >= 15 is 0 Å². The second-order valence-electron chi connectivity index (χ2n) is 7.35. The highest BCUT2D eigenvalue weighted by atomic mass is 19.1. The van der Waals surface area contributed by atoms with E-state index in [2.05, 4.69) is 20.3 Å².